The Bertz CT molecular complexity index is 882. The summed E-state index contributed by atoms with van der Waals surface area (Å²) in [5.74, 6) is -0.309. The topological polar surface area (TPSA) is 75.5 Å². The summed E-state index contributed by atoms with van der Waals surface area (Å²) in [5, 5.41) is 15.5. The minimum absolute atomic E-state index is 0.0938. The summed E-state index contributed by atoms with van der Waals surface area (Å²) in [6.45, 7) is 3.16. The number of carbonyl (C=O) groups is 1. The zero-order valence-electron chi connectivity index (χ0n) is 14.7. The minimum Gasteiger partial charge on any atom is -0.378 e. The van der Waals surface area contributed by atoms with Crippen molar-refractivity contribution in [1.29, 1.82) is 0 Å². The van der Waals surface area contributed by atoms with Gasteiger partial charge in [-0.05, 0) is 43.5 Å². The zero-order chi connectivity index (χ0) is 19.6. The Balaban J connectivity index is 1.90. The van der Waals surface area contributed by atoms with Gasteiger partial charge in [-0.15, -0.1) is 0 Å². The molecule has 1 heterocycles. The van der Waals surface area contributed by atoms with Crippen molar-refractivity contribution in [2.24, 2.45) is 0 Å². The number of nitrogens with zero attached hydrogens (tertiary/aromatic N) is 2. The summed E-state index contributed by atoms with van der Waals surface area (Å²) in [6, 6.07) is 9.65. The second-order valence-electron chi connectivity index (χ2n) is 6.50. The maximum atomic E-state index is 12.7. The number of halogens is 2. The number of anilines is 1. The number of hydrogen-bond acceptors (Lipinski definition) is 4. The van der Waals surface area contributed by atoms with E-state index in [-0.39, 0.29) is 23.2 Å². The Morgan fingerprint density at radius 2 is 1.93 bits per heavy atom. The maximum Gasteiger partial charge on any atom is 0.282 e. The predicted molar refractivity (Wildman–Crippen MR) is 107 cm³/mol. The van der Waals surface area contributed by atoms with E-state index in [2.05, 4.69) is 5.32 Å². The van der Waals surface area contributed by atoms with Crippen LogP contribution in [-0.4, -0.2) is 28.8 Å². The van der Waals surface area contributed by atoms with Gasteiger partial charge >= 0.3 is 0 Å². The number of nitro groups is 1. The fraction of sp³-hybridized carbons (Fsp3) is 0.316. The molecular weight excluding hydrogens is 389 g/mol. The van der Waals surface area contributed by atoms with Crippen LogP contribution in [-0.2, 0) is 0 Å². The predicted octanol–water partition coefficient (Wildman–Crippen LogP) is 5.31. The van der Waals surface area contributed by atoms with Gasteiger partial charge in [-0.1, -0.05) is 35.3 Å². The molecule has 1 aliphatic rings. The molecule has 0 bridgehead atoms. The highest BCUT2D eigenvalue weighted by Gasteiger charge is 2.27. The van der Waals surface area contributed by atoms with Gasteiger partial charge in [-0.2, -0.15) is 0 Å². The van der Waals surface area contributed by atoms with Gasteiger partial charge in [0.15, 0.2) is 0 Å². The summed E-state index contributed by atoms with van der Waals surface area (Å²) in [5.41, 5.74) is 1.31. The third-order valence-corrected chi connectivity index (χ3v) is 5.48. The van der Waals surface area contributed by atoms with Crippen LogP contribution in [0.2, 0.25) is 10.0 Å². The van der Waals surface area contributed by atoms with Crippen molar-refractivity contribution in [2.45, 2.75) is 25.8 Å². The van der Waals surface area contributed by atoms with E-state index in [1.54, 1.807) is 23.1 Å². The lowest BCUT2D eigenvalue weighted by atomic mass is 10.1. The van der Waals surface area contributed by atoms with Crippen LogP contribution in [0.4, 0.5) is 11.4 Å². The molecule has 27 heavy (non-hydrogen) atoms. The molecule has 1 aliphatic heterocycles. The number of benzene rings is 2. The summed E-state index contributed by atoms with van der Waals surface area (Å²) < 4.78 is 0. The van der Waals surface area contributed by atoms with Gasteiger partial charge in [0.25, 0.3) is 11.6 Å². The average molecular weight is 408 g/mol. The number of amides is 1. The lowest BCUT2D eigenvalue weighted by Crippen LogP contribution is -2.28. The first-order valence-electron chi connectivity index (χ1n) is 8.66. The molecule has 1 amide bonds. The maximum absolute atomic E-state index is 12.7. The van der Waals surface area contributed by atoms with Crippen LogP contribution in [0.15, 0.2) is 36.4 Å². The normalized spacial score (nSPS) is 14.9. The van der Waals surface area contributed by atoms with Crippen molar-refractivity contribution >= 4 is 40.5 Å². The van der Waals surface area contributed by atoms with E-state index in [0.717, 1.165) is 18.4 Å². The van der Waals surface area contributed by atoms with E-state index in [1.165, 1.54) is 12.1 Å². The molecule has 1 atom stereocenters. The van der Waals surface area contributed by atoms with Crippen LogP contribution in [0.25, 0.3) is 0 Å². The van der Waals surface area contributed by atoms with Crippen molar-refractivity contribution in [3.8, 4) is 0 Å². The largest absolute Gasteiger partial charge is 0.378 e. The molecule has 2 aromatic rings. The molecule has 1 N–H and O–H groups in total. The van der Waals surface area contributed by atoms with Gasteiger partial charge in [-0.25, -0.2) is 0 Å². The van der Waals surface area contributed by atoms with E-state index >= 15 is 0 Å². The Morgan fingerprint density at radius 1 is 1.22 bits per heavy atom. The molecule has 0 radical (unpaired) electrons. The molecule has 8 heteroatoms. The third kappa shape index (κ3) is 4.17. The lowest BCUT2D eigenvalue weighted by molar-refractivity contribution is -0.385. The molecule has 142 valence electrons. The second-order valence-corrected chi connectivity index (χ2v) is 7.28. The van der Waals surface area contributed by atoms with Crippen LogP contribution in [0.1, 0.15) is 41.7 Å². The zero-order valence-corrected chi connectivity index (χ0v) is 16.3. The number of nitro benzene ring substituents is 1. The van der Waals surface area contributed by atoms with Crippen LogP contribution >= 0.6 is 23.2 Å². The summed E-state index contributed by atoms with van der Waals surface area (Å²) in [6.07, 6.45) is 1.84. The molecule has 1 unspecified atom stereocenters. The Hall–Kier alpha value is -2.31. The molecule has 3 rings (SSSR count). The molecular formula is C19H19Cl2N3O3. The Labute approximate surface area is 167 Å². The van der Waals surface area contributed by atoms with Crippen LogP contribution in [0.3, 0.4) is 0 Å². The highest BCUT2D eigenvalue weighted by Crippen LogP contribution is 2.33. The summed E-state index contributed by atoms with van der Waals surface area (Å²) in [7, 11) is 0. The van der Waals surface area contributed by atoms with E-state index in [4.69, 9.17) is 23.2 Å². The van der Waals surface area contributed by atoms with Gasteiger partial charge in [0.1, 0.15) is 5.56 Å². The average Bonchev–Trinajstić information content (AvgIpc) is 3.17. The van der Waals surface area contributed by atoms with Gasteiger partial charge in [0.2, 0.25) is 0 Å². The van der Waals surface area contributed by atoms with E-state index in [1.807, 2.05) is 13.0 Å². The number of hydrogen-bond donors (Lipinski definition) is 1. The Morgan fingerprint density at radius 3 is 2.59 bits per heavy atom. The molecule has 6 nitrogen and oxygen atoms in total. The van der Waals surface area contributed by atoms with Crippen LogP contribution in [0, 0.1) is 10.1 Å². The first kappa shape index (κ1) is 19.5. The van der Waals surface area contributed by atoms with E-state index < -0.39 is 4.92 Å². The molecule has 0 aromatic heterocycles. The molecule has 1 saturated heterocycles. The van der Waals surface area contributed by atoms with Crippen LogP contribution in [0.5, 0.6) is 0 Å². The van der Waals surface area contributed by atoms with Crippen molar-refractivity contribution in [1.82, 2.24) is 4.90 Å². The van der Waals surface area contributed by atoms with Gasteiger partial charge < -0.3 is 10.2 Å². The number of carbonyl (C=O) groups excluding carboxylic acids is 1. The molecule has 1 fully saturated rings. The number of rotatable bonds is 5. The number of likely N-dealkylation sites (tertiary alicyclic amines) is 1. The monoisotopic (exact) mass is 407 g/mol. The molecule has 0 aliphatic carbocycles. The smallest absolute Gasteiger partial charge is 0.282 e. The van der Waals surface area contributed by atoms with E-state index in [9.17, 15) is 14.9 Å². The Kier molecular flexibility index (Phi) is 5.87. The van der Waals surface area contributed by atoms with E-state index in [0.29, 0.717) is 28.8 Å². The molecule has 0 spiro atoms. The molecule has 0 saturated carbocycles. The first-order valence-corrected chi connectivity index (χ1v) is 9.42. The van der Waals surface area contributed by atoms with Crippen molar-refractivity contribution < 1.29 is 9.72 Å². The SMILES string of the molecule is CC(Nc1ccc([N+](=O)[O-])c(C(=O)N2CCCC2)c1)c1cccc(Cl)c1Cl. The van der Waals surface area contributed by atoms with Crippen molar-refractivity contribution in [3.05, 3.63) is 67.7 Å². The number of nitrogens with one attached hydrogen (secondary N) is 1. The van der Waals surface area contributed by atoms with Gasteiger partial charge in [-0.3, -0.25) is 14.9 Å². The minimum atomic E-state index is -0.523. The van der Waals surface area contributed by atoms with Crippen LogP contribution < -0.4 is 5.32 Å². The first-order chi connectivity index (χ1) is 12.9. The highest BCUT2D eigenvalue weighted by atomic mass is 35.5. The van der Waals surface area contributed by atoms with Gasteiger partial charge in [0, 0.05) is 24.8 Å². The van der Waals surface area contributed by atoms with Crippen molar-refractivity contribution in [3.63, 3.8) is 0 Å². The summed E-state index contributed by atoms with van der Waals surface area (Å²) >= 11 is 12.3. The quantitative estimate of drug-likeness (QED) is 0.537. The standard InChI is InChI=1S/C19H19Cl2N3O3/c1-12(14-5-4-6-16(20)18(14)21)22-13-7-8-17(24(26)27)15(11-13)19(25)23-9-2-3-10-23/h4-8,11-12,22H,2-3,9-10H2,1H3. The second kappa shape index (κ2) is 8.15. The molecule has 2 aromatic carbocycles. The lowest BCUT2D eigenvalue weighted by Gasteiger charge is -2.19. The summed E-state index contributed by atoms with van der Waals surface area (Å²) in [4.78, 5) is 25.2. The van der Waals surface area contributed by atoms with Crippen molar-refractivity contribution in [2.75, 3.05) is 18.4 Å². The van der Waals surface area contributed by atoms with Gasteiger partial charge in [0.05, 0.1) is 21.0 Å². The fourth-order valence-electron chi connectivity index (χ4n) is 3.23. The fourth-order valence-corrected chi connectivity index (χ4v) is 3.70. The third-order valence-electron chi connectivity index (χ3n) is 4.65. The highest BCUT2D eigenvalue weighted by molar-refractivity contribution is 6.42.